The SMILES string of the molecule is C=CCNC(=O)CNc1cc(CO)ccc1[N+](=O)[O-]. The van der Waals surface area contributed by atoms with E-state index in [-0.39, 0.29) is 30.4 Å². The number of rotatable bonds is 7. The maximum absolute atomic E-state index is 11.4. The van der Waals surface area contributed by atoms with Gasteiger partial charge in [-0.2, -0.15) is 0 Å². The van der Waals surface area contributed by atoms with Crippen molar-refractivity contribution in [3.05, 3.63) is 46.5 Å². The minimum Gasteiger partial charge on any atom is -0.392 e. The van der Waals surface area contributed by atoms with Gasteiger partial charge in [-0.1, -0.05) is 6.08 Å². The average molecular weight is 265 g/mol. The number of carbonyl (C=O) groups excluding carboxylic acids is 1. The van der Waals surface area contributed by atoms with E-state index in [1.54, 1.807) is 0 Å². The normalized spacial score (nSPS) is 9.74. The zero-order chi connectivity index (χ0) is 14.3. The fraction of sp³-hybridized carbons (Fsp3) is 0.250. The summed E-state index contributed by atoms with van der Waals surface area (Å²) < 4.78 is 0. The van der Waals surface area contributed by atoms with Crippen molar-refractivity contribution in [1.82, 2.24) is 5.32 Å². The molecule has 19 heavy (non-hydrogen) atoms. The fourth-order valence-electron chi connectivity index (χ4n) is 1.41. The van der Waals surface area contributed by atoms with E-state index in [9.17, 15) is 14.9 Å². The first-order valence-corrected chi connectivity index (χ1v) is 5.58. The van der Waals surface area contributed by atoms with Crippen LogP contribution in [0.3, 0.4) is 0 Å². The number of hydrogen-bond donors (Lipinski definition) is 3. The molecule has 0 spiro atoms. The van der Waals surface area contributed by atoms with Crippen LogP contribution < -0.4 is 10.6 Å². The van der Waals surface area contributed by atoms with Crippen molar-refractivity contribution in [3.8, 4) is 0 Å². The lowest BCUT2D eigenvalue weighted by Gasteiger charge is -2.08. The van der Waals surface area contributed by atoms with Crippen LogP contribution in [-0.2, 0) is 11.4 Å². The molecule has 7 heteroatoms. The summed E-state index contributed by atoms with van der Waals surface area (Å²) in [6, 6.07) is 4.19. The third-order valence-electron chi connectivity index (χ3n) is 2.32. The Hall–Kier alpha value is -2.41. The second kappa shape index (κ2) is 7.12. The second-order valence-electron chi connectivity index (χ2n) is 3.71. The van der Waals surface area contributed by atoms with E-state index >= 15 is 0 Å². The minimum atomic E-state index is -0.550. The Labute approximate surface area is 110 Å². The van der Waals surface area contributed by atoms with Crippen LogP contribution in [0.25, 0.3) is 0 Å². The predicted molar refractivity (Wildman–Crippen MR) is 70.7 cm³/mol. The van der Waals surface area contributed by atoms with Crippen molar-refractivity contribution in [3.63, 3.8) is 0 Å². The molecule has 0 heterocycles. The molecule has 0 fully saturated rings. The third-order valence-corrected chi connectivity index (χ3v) is 2.32. The molecule has 3 N–H and O–H groups in total. The van der Waals surface area contributed by atoms with Crippen LogP contribution in [-0.4, -0.2) is 29.0 Å². The third kappa shape index (κ3) is 4.40. The van der Waals surface area contributed by atoms with Crippen molar-refractivity contribution in [2.75, 3.05) is 18.4 Å². The van der Waals surface area contributed by atoms with Gasteiger partial charge in [-0.15, -0.1) is 6.58 Å². The van der Waals surface area contributed by atoms with Crippen LogP contribution in [0.1, 0.15) is 5.56 Å². The Kier molecular flexibility index (Phi) is 5.49. The highest BCUT2D eigenvalue weighted by molar-refractivity contribution is 5.81. The van der Waals surface area contributed by atoms with E-state index < -0.39 is 4.92 Å². The Morgan fingerprint density at radius 1 is 1.53 bits per heavy atom. The van der Waals surface area contributed by atoms with Crippen LogP contribution in [0.5, 0.6) is 0 Å². The van der Waals surface area contributed by atoms with Crippen LogP contribution in [0.2, 0.25) is 0 Å². The molecule has 0 aromatic heterocycles. The molecule has 0 aliphatic rings. The average Bonchev–Trinajstić information content (AvgIpc) is 2.42. The standard InChI is InChI=1S/C12H15N3O4/c1-2-5-13-12(17)7-14-10-6-9(8-16)3-4-11(10)15(18)19/h2-4,6,14,16H,1,5,7-8H2,(H,13,17). The highest BCUT2D eigenvalue weighted by atomic mass is 16.6. The molecule has 0 bridgehead atoms. The van der Waals surface area contributed by atoms with Gasteiger partial charge in [0.15, 0.2) is 0 Å². The number of aliphatic hydroxyl groups excluding tert-OH is 1. The van der Waals surface area contributed by atoms with Gasteiger partial charge in [-0.3, -0.25) is 14.9 Å². The van der Waals surface area contributed by atoms with Crippen molar-refractivity contribution in [1.29, 1.82) is 0 Å². The van der Waals surface area contributed by atoms with Gasteiger partial charge in [0.05, 0.1) is 18.1 Å². The van der Waals surface area contributed by atoms with Crippen molar-refractivity contribution in [2.24, 2.45) is 0 Å². The first-order chi connectivity index (χ1) is 9.08. The molecule has 1 aromatic carbocycles. The Balaban J connectivity index is 2.77. The first-order valence-electron chi connectivity index (χ1n) is 5.58. The molecule has 0 unspecified atom stereocenters. The fourth-order valence-corrected chi connectivity index (χ4v) is 1.41. The molecule has 1 aromatic rings. The van der Waals surface area contributed by atoms with Gasteiger partial charge >= 0.3 is 0 Å². The van der Waals surface area contributed by atoms with Gasteiger partial charge in [-0.25, -0.2) is 0 Å². The number of aliphatic hydroxyl groups is 1. The van der Waals surface area contributed by atoms with Gasteiger partial charge in [0.25, 0.3) is 5.69 Å². The largest absolute Gasteiger partial charge is 0.392 e. The van der Waals surface area contributed by atoms with Gasteiger partial charge in [0, 0.05) is 12.6 Å². The molecule has 0 atom stereocenters. The number of nitrogens with zero attached hydrogens (tertiary/aromatic N) is 1. The topological polar surface area (TPSA) is 104 Å². The minimum absolute atomic E-state index is 0.0937. The summed E-state index contributed by atoms with van der Waals surface area (Å²) in [6.07, 6.45) is 1.53. The van der Waals surface area contributed by atoms with Crippen LogP contribution in [0.4, 0.5) is 11.4 Å². The lowest BCUT2D eigenvalue weighted by atomic mass is 10.2. The molecule has 102 valence electrons. The van der Waals surface area contributed by atoms with Crippen molar-refractivity contribution in [2.45, 2.75) is 6.61 Å². The smallest absolute Gasteiger partial charge is 0.292 e. The summed E-state index contributed by atoms with van der Waals surface area (Å²) >= 11 is 0. The first kappa shape index (κ1) is 14.7. The molecule has 0 saturated heterocycles. The molecule has 7 nitrogen and oxygen atoms in total. The molecular weight excluding hydrogens is 250 g/mol. The number of anilines is 1. The number of nitro groups is 1. The van der Waals surface area contributed by atoms with Crippen LogP contribution in [0.15, 0.2) is 30.9 Å². The number of benzene rings is 1. The highest BCUT2D eigenvalue weighted by Crippen LogP contribution is 2.25. The van der Waals surface area contributed by atoms with E-state index in [0.717, 1.165) is 0 Å². The van der Waals surface area contributed by atoms with Crippen LogP contribution in [0, 0.1) is 10.1 Å². The van der Waals surface area contributed by atoms with Gasteiger partial charge in [-0.05, 0) is 17.7 Å². The number of nitrogens with one attached hydrogen (secondary N) is 2. The Bertz CT molecular complexity index is 488. The van der Waals surface area contributed by atoms with Gasteiger partial charge < -0.3 is 15.7 Å². The van der Waals surface area contributed by atoms with E-state index in [1.165, 1.54) is 24.3 Å². The lowest BCUT2D eigenvalue weighted by Crippen LogP contribution is -2.29. The summed E-state index contributed by atoms with van der Waals surface area (Å²) in [5, 5.41) is 25.0. The zero-order valence-electron chi connectivity index (χ0n) is 10.3. The number of amides is 1. The van der Waals surface area contributed by atoms with Crippen molar-refractivity contribution < 1.29 is 14.8 Å². The molecule has 0 radical (unpaired) electrons. The lowest BCUT2D eigenvalue weighted by molar-refractivity contribution is -0.384. The van der Waals surface area contributed by atoms with E-state index in [2.05, 4.69) is 17.2 Å². The van der Waals surface area contributed by atoms with Gasteiger partial charge in [0.2, 0.25) is 5.91 Å². The molecule has 1 amide bonds. The Morgan fingerprint density at radius 3 is 2.84 bits per heavy atom. The molecule has 0 aliphatic carbocycles. The Morgan fingerprint density at radius 2 is 2.26 bits per heavy atom. The number of nitro benzene ring substituents is 1. The molecular formula is C12H15N3O4. The maximum Gasteiger partial charge on any atom is 0.292 e. The van der Waals surface area contributed by atoms with Gasteiger partial charge in [0.1, 0.15) is 5.69 Å². The number of hydrogen-bond acceptors (Lipinski definition) is 5. The summed E-state index contributed by atoms with van der Waals surface area (Å²) in [4.78, 5) is 21.6. The summed E-state index contributed by atoms with van der Waals surface area (Å²) in [5.74, 6) is -0.302. The summed E-state index contributed by atoms with van der Waals surface area (Å²) in [5.41, 5.74) is 0.582. The quantitative estimate of drug-likeness (QED) is 0.384. The van der Waals surface area contributed by atoms with Crippen LogP contribution >= 0.6 is 0 Å². The maximum atomic E-state index is 11.4. The van der Waals surface area contributed by atoms with E-state index in [1.807, 2.05) is 0 Å². The molecule has 1 rings (SSSR count). The van der Waals surface area contributed by atoms with E-state index in [0.29, 0.717) is 12.1 Å². The van der Waals surface area contributed by atoms with Crippen molar-refractivity contribution >= 4 is 17.3 Å². The monoisotopic (exact) mass is 265 g/mol. The predicted octanol–water partition coefficient (Wildman–Crippen LogP) is 0.801. The second-order valence-corrected chi connectivity index (χ2v) is 3.71. The summed E-state index contributed by atoms with van der Waals surface area (Å²) in [6.45, 7) is 3.47. The van der Waals surface area contributed by atoms with E-state index in [4.69, 9.17) is 5.11 Å². The molecule has 0 saturated carbocycles. The highest BCUT2D eigenvalue weighted by Gasteiger charge is 2.14. The summed E-state index contributed by atoms with van der Waals surface area (Å²) in [7, 11) is 0. The zero-order valence-corrected chi connectivity index (χ0v) is 10.3. The molecule has 0 aliphatic heterocycles. The number of carbonyl (C=O) groups is 1.